The van der Waals surface area contributed by atoms with Crippen molar-refractivity contribution in [2.24, 2.45) is 5.92 Å². The molecule has 3 rings (SSSR count). The molecule has 1 aromatic rings. The van der Waals surface area contributed by atoms with E-state index in [1.54, 1.807) is 9.80 Å². The third-order valence-electron chi connectivity index (χ3n) is 5.55. The van der Waals surface area contributed by atoms with Crippen molar-refractivity contribution in [1.29, 1.82) is 0 Å². The molecule has 8 heteroatoms. The average Bonchev–Trinajstić information content (AvgIpc) is 2.77. The van der Waals surface area contributed by atoms with Gasteiger partial charge in [-0.1, -0.05) is 30.3 Å². The van der Waals surface area contributed by atoms with Gasteiger partial charge in [0.1, 0.15) is 12.2 Å². The Morgan fingerprint density at radius 3 is 1.97 bits per heavy atom. The van der Waals surface area contributed by atoms with Crippen LogP contribution in [0.5, 0.6) is 0 Å². The topological polar surface area (TPSA) is 79.4 Å². The molecule has 0 bridgehead atoms. The van der Waals surface area contributed by atoms with E-state index < -0.39 is 5.60 Å². The molecule has 31 heavy (non-hydrogen) atoms. The van der Waals surface area contributed by atoms with E-state index in [0.29, 0.717) is 52.1 Å². The Hall–Kier alpha value is -2.77. The van der Waals surface area contributed by atoms with Crippen molar-refractivity contribution in [1.82, 2.24) is 14.7 Å². The van der Waals surface area contributed by atoms with Crippen molar-refractivity contribution in [3.8, 4) is 0 Å². The molecule has 2 fully saturated rings. The number of benzene rings is 1. The molecule has 0 spiro atoms. The van der Waals surface area contributed by atoms with Gasteiger partial charge in [-0.25, -0.2) is 9.59 Å². The molecule has 2 aliphatic rings. The minimum atomic E-state index is -0.528. The molecule has 0 aliphatic carbocycles. The Kier molecular flexibility index (Phi) is 7.41. The highest BCUT2D eigenvalue weighted by atomic mass is 16.6. The zero-order chi connectivity index (χ0) is 22.4. The van der Waals surface area contributed by atoms with E-state index in [1.165, 1.54) is 0 Å². The van der Waals surface area contributed by atoms with E-state index in [9.17, 15) is 14.4 Å². The molecule has 2 heterocycles. The van der Waals surface area contributed by atoms with E-state index in [1.807, 2.05) is 56.0 Å². The SMILES string of the molecule is CC(C)(C)OC(=O)N1CCN(C(=O)C2CCN(C(=O)OCc3ccccc3)CC2)CC1. The van der Waals surface area contributed by atoms with Crippen LogP contribution < -0.4 is 0 Å². The van der Waals surface area contributed by atoms with Crippen molar-refractivity contribution >= 4 is 18.1 Å². The van der Waals surface area contributed by atoms with Gasteiger partial charge in [0.05, 0.1) is 0 Å². The van der Waals surface area contributed by atoms with Crippen molar-refractivity contribution in [2.75, 3.05) is 39.3 Å². The van der Waals surface area contributed by atoms with E-state index in [-0.39, 0.29) is 30.6 Å². The first-order valence-corrected chi connectivity index (χ1v) is 11.0. The van der Waals surface area contributed by atoms with Crippen molar-refractivity contribution < 1.29 is 23.9 Å². The zero-order valence-electron chi connectivity index (χ0n) is 18.7. The Morgan fingerprint density at radius 1 is 0.839 bits per heavy atom. The summed E-state index contributed by atoms with van der Waals surface area (Å²) in [5.41, 5.74) is 0.423. The molecule has 0 atom stereocenters. The van der Waals surface area contributed by atoms with Gasteiger partial charge in [0.2, 0.25) is 5.91 Å². The van der Waals surface area contributed by atoms with Gasteiger partial charge in [-0.3, -0.25) is 4.79 Å². The fraction of sp³-hybridized carbons (Fsp3) is 0.609. The molecule has 0 radical (unpaired) electrons. The number of piperazine rings is 1. The van der Waals surface area contributed by atoms with Crippen molar-refractivity contribution in [3.05, 3.63) is 35.9 Å². The molecule has 170 valence electrons. The third-order valence-corrected chi connectivity index (χ3v) is 5.55. The first-order valence-electron chi connectivity index (χ1n) is 11.0. The highest BCUT2D eigenvalue weighted by molar-refractivity contribution is 5.80. The zero-order valence-corrected chi connectivity index (χ0v) is 18.7. The van der Waals surface area contributed by atoms with E-state index in [4.69, 9.17) is 9.47 Å². The van der Waals surface area contributed by atoms with Gasteiger partial charge in [0.15, 0.2) is 0 Å². The molecule has 2 saturated heterocycles. The van der Waals surface area contributed by atoms with Gasteiger partial charge in [-0.15, -0.1) is 0 Å². The van der Waals surface area contributed by atoms with E-state index >= 15 is 0 Å². The van der Waals surface area contributed by atoms with E-state index in [2.05, 4.69) is 0 Å². The maximum Gasteiger partial charge on any atom is 0.410 e. The maximum atomic E-state index is 12.9. The minimum absolute atomic E-state index is 0.0914. The summed E-state index contributed by atoms with van der Waals surface area (Å²) in [5, 5.41) is 0. The number of carbonyl (C=O) groups excluding carboxylic acids is 3. The lowest BCUT2D eigenvalue weighted by molar-refractivity contribution is -0.138. The minimum Gasteiger partial charge on any atom is -0.445 e. The molecule has 2 aliphatic heterocycles. The smallest absolute Gasteiger partial charge is 0.410 e. The van der Waals surface area contributed by atoms with Crippen LogP contribution in [0.2, 0.25) is 0 Å². The summed E-state index contributed by atoms with van der Waals surface area (Å²) in [5.74, 6) is 0.0207. The van der Waals surface area contributed by atoms with Crippen LogP contribution in [0.1, 0.15) is 39.2 Å². The Labute approximate surface area is 184 Å². The van der Waals surface area contributed by atoms with Crippen LogP contribution in [-0.4, -0.2) is 77.7 Å². The molecule has 0 aromatic heterocycles. The van der Waals surface area contributed by atoms with Gasteiger partial charge < -0.3 is 24.2 Å². The van der Waals surface area contributed by atoms with E-state index in [0.717, 1.165) is 5.56 Å². The maximum absolute atomic E-state index is 12.9. The number of nitrogens with zero attached hydrogens (tertiary/aromatic N) is 3. The molecular formula is C23H33N3O5. The first kappa shape index (κ1) is 22.9. The van der Waals surface area contributed by atoms with Crippen molar-refractivity contribution in [3.63, 3.8) is 0 Å². The summed E-state index contributed by atoms with van der Waals surface area (Å²) in [7, 11) is 0. The van der Waals surface area contributed by atoms with Crippen LogP contribution in [-0.2, 0) is 20.9 Å². The fourth-order valence-corrected chi connectivity index (χ4v) is 3.81. The summed E-state index contributed by atoms with van der Waals surface area (Å²) in [6.07, 6.45) is 0.597. The second kappa shape index (κ2) is 10.0. The number of hydrogen-bond acceptors (Lipinski definition) is 5. The molecule has 8 nitrogen and oxygen atoms in total. The highest BCUT2D eigenvalue weighted by Crippen LogP contribution is 2.22. The van der Waals surface area contributed by atoms with Crippen LogP contribution in [0.3, 0.4) is 0 Å². The van der Waals surface area contributed by atoms with Crippen LogP contribution >= 0.6 is 0 Å². The second-order valence-electron chi connectivity index (χ2n) is 9.09. The molecule has 3 amide bonds. The lowest BCUT2D eigenvalue weighted by Gasteiger charge is -2.38. The monoisotopic (exact) mass is 431 g/mol. The van der Waals surface area contributed by atoms with Gasteiger partial charge in [-0.05, 0) is 39.2 Å². The molecule has 0 N–H and O–H groups in total. The van der Waals surface area contributed by atoms with Crippen molar-refractivity contribution in [2.45, 2.75) is 45.8 Å². The Bertz CT molecular complexity index is 761. The summed E-state index contributed by atoms with van der Waals surface area (Å²) in [4.78, 5) is 42.6. The fourth-order valence-electron chi connectivity index (χ4n) is 3.81. The lowest BCUT2D eigenvalue weighted by atomic mass is 9.95. The highest BCUT2D eigenvalue weighted by Gasteiger charge is 2.33. The first-order chi connectivity index (χ1) is 14.7. The summed E-state index contributed by atoms with van der Waals surface area (Å²) >= 11 is 0. The lowest BCUT2D eigenvalue weighted by Crippen LogP contribution is -2.53. The molecule has 1 aromatic carbocycles. The largest absolute Gasteiger partial charge is 0.445 e. The number of rotatable bonds is 3. The van der Waals surface area contributed by atoms with Crippen LogP contribution in [0.15, 0.2) is 30.3 Å². The van der Waals surface area contributed by atoms with Crippen LogP contribution in [0, 0.1) is 5.92 Å². The predicted molar refractivity (Wildman–Crippen MR) is 115 cm³/mol. The quantitative estimate of drug-likeness (QED) is 0.735. The van der Waals surface area contributed by atoms with Gasteiger partial charge in [0.25, 0.3) is 0 Å². The summed E-state index contributed by atoms with van der Waals surface area (Å²) in [6, 6.07) is 9.58. The molecule has 0 unspecified atom stereocenters. The molecular weight excluding hydrogens is 398 g/mol. The van der Waals surface area contributed by atoms with Gasteiger partial charge in [-0.2, -0.15) is 0 Å². The number of amides is 3. The van der Waals surface area contributed by atoms with Crippen LogP contribution in [0.25, 0.3) is 0 Å². The number of likely N-dealkylation sites (tertiary alicyclic amines) is 1. The number of hydrogen-bond donors (Lipinski definition) is 0. The summed E-state index contributed by atoms with van der Waals surface area (Å²) < 4.78 is 10.8. The number of ether oxygens (including phenoxy) is 2. The standard InChI is InChI=1S/C23H33N3O5/c1-23(2,3)31-22(29)26-15-13-24(14-16-26)20(27)19-9-11-25(12-10-19)21(28)30-17-18-7-5-4-6-8-18/h4-8,19H,9-17H2,1-3H3. The normalized spacial score (nSPS) is 18.0. The summed E-state index contributed by atoms with van der Waals surface area (Å²) in [6.45, 7) is 8.78. The van der Waals surface area contributed by atoms with Gasteiger partial charge in [0, 0.05) is 45.2 Å². The second-order valence-corrected chi connectivity index (χ2v) is 9.09. The Morgan fingerprint density at radius 2 is 1.39 bits per heavy atom. The van der Waals surface area contributed by atoms with Gasteiger partial charge >= 0.3 is 12.2 Å². The molecule has 0 saturated carbocycles. The van der Waals surface area contributed by atoms with Crippen LogP contribution in [0.4, 0.5) is 9.59 Å². The average molecular weight is 432 g/mol. The number of piperidine rings is 1. The number of carbonyl (C=O) groups is 3. The third kappa shape index (κ3) is 6.60. The Balaban J connectivity index is 1.39. The predicted octanol–water partition coefficient (Wildman–Crippen LogP) is 3.11.